The maximum atomic E-state index is 11.1. The Morgan fingerprint density at radius 3 is 2.79 bits per heavy atom. The average Bonchev–Trinajstić information content (AvgIpc) is 2.59. The Balaban J connectivity index is 2.60. The molecule has 1 heterocycles. The fraction of sp³-hybridized carbons (Fsp3) is 0.182. The molecule has 0 aliphatic rings. The second kappa shape index (κ2) is 3.18. The third-order valence-electron chi connectivity index (χ3n) is 2.29. The Bertz CT molecular complexity index is 485. The Labute approximate surface area is 82.1 Å². The van der Waals surface area contributed by atoms with Crippen molar-refractivity contribution >= 4 is 22.4 Å². The minimum Gasteiger partial charge on any atom is -0.388 e. The van der Waals surface area contributed by atoms with Crippen LogP contribution in [0.5, 0.6) is 0 Å². The lowest BCUT2D eigenvalue weighted by molar-refractivity contribution is 0.101. The second-order valence-corrected chi connectivity index (χ2v) is 3.29. The van der Waals surface area contributed by atoms with E-state index in [4.69, 9.17) is 0 Å². The first-order valence-electron chi connectivity index (χ1n) is 4.52. The Kier molecular flexibility index (Phi) is 2.00. The van der Waals surface area contributed by atoms with Gasteiger partial charge >= 0.3 is 0 Å². The summed E-state index contributed by atoms with van der Waals surface area (Å²) in [6.07, 6.45) is 0. The predicted molar refractivity (Wildman–Crippen MR) is 57.8 cm³/mol. The van der Waals surface area contributed by atoms with Gasteiger partial charge in [0.25, 0.3) is 0 Å². The van der Waals surface area contributed by atoms with Crippen molar-refractivity contribution in [3.8, 4) is 0 Å². The van der Waals surface area contributed by atoms with Crippen molar-refractivity contribution in [1.82, 2.24) is 4.98 Å². The van der Waals surface area contributed by atoms with Crippen LogP contribution >= 0.6 is 0 Å². The SMILES string of the molecule is CNc1ccc2[nH]c(C(C)=O)cc2c1. The number of Topliss-reactive ketones (excluding diaryl/α,β-unsaturated/α-hetero) is 1. The Morgan fingerprint density at radius 2 is 2.14 bits per heavy atom. The summed E-state index contributed by atoms with van der Waals surface area (Å²) in [6, 6.07) is 7.83. The molecule has 72 valence electrons. The van der Waals surface area contributed by atoms with Crippen LogP contribution in [0.1, 0.15) is 17.4 Å². The highest BCUT2D eigenvalue weighted by molar-refractivity contribution is 5.98. The van der Waals surface area contributed by atoms with Crippen molar-refractivity contribution in [2.75, 3.05) is 12.4 Å². The molecule has 3 heteroatoms. The standard InChI is InChI=1S/C11H12N2O/c1-7(14)11-6-8-5-9(12-2)3-4-10(8)13-11/h3-6,12-13H,1-2H3. The summed E-state index contributed by atoms with van der Waals surface area (Å²) in [5, 5.41) is 4.12. The van der Waals surface area contributed by atoms with Crippen LogP contribution in [-0.2, 0) is 0 Å². The molecule has 0 bridgehead atoms. The van der Waals surface area contributed by atoms with E-state index >= 15 is 0 Å². The molecular weight excluding hydrogens is 176 g/mol. The van der Waals surface area contributed by atoms with E-state index in [1.165, 1.54) is 0 Å². The van der Waals surface area contributed by atoms with E-state index in [2.05, 4.69) is 10.3 Å². The lowest BCUT2D eigenvalue weighted by atomic mass is 10.2. The summed E-state index contributed by atoms with van der Waals surface area (Å²) in [6.45, 7) is 1.56. The van der Waals surface area contributed by atoms with Gasteiger partial charge in [-0.2, -0.15) is 0 Å². The smallest absolute Gasteiger partial charge is 0.175 e. The van der Waals surface area contributed by atoms with Gasteiger partial charge < -0.3 is 10.3 Å². The highest BCUT2D eigenvalue weighted by Crippen LogP contribution is 2.19. The molecule has 14 heavy (non-hydrogen) atoms. The lowest BCUT2D eigenvalue weighted by Gasteiger charge is -1.97. The number of fused-ring (bicyclic) bond motifs is 1. The zero-order valence-electron chi connectivity index (χ0n) is 8.22. The molecule has 1 aromatic heterocycles. The second-order valence-electron chi connectivity index (χ2n) is 3.29. The minimum atomic E-state index is 0.0622. The number of carbonyl (C=O) groups excluding carboxylic acids is 1. The number of aromatic amines is 1. The summed E-state index contributed by atoms with van der Waals surface area (Å²) in [4.78, 5) is 14.2. The number of ketones is 1. The van der Waals surface area contributed by atoms with Gasteiger partial charge in [-0.05, 0) is 24.3 Å². The topological polar surface area (TPSA) is 44.9 Å². The molecule has 0 atom stereocenters. The van der Waals surface area contributed by atoms with Gasteiger partial charge in [-0.1, -0.05) is 0 Å². The number of hydrogen-bond acceptors (Lipinski definition) is 2. The molecule has 0 aliphatic carbocycles. The van der Waals surface area contributed by atoms with Gasteiger partial charge in [-0.15, -0.1) is 0 Å². The molecular formula is C11H12N2O. The van der Waals surface area contributed by atoms with Crippen molar-refractivity contribution in [2.45, 2.75) is 6.92 Å². The predicted octanol–water partition coefficient (Wildman–Crippen LogP) is 2.41. The number of aromatic nitrogens is 1. The summed E-state index contributed by atoms with van der Waals surface area (Å²) in [7, 11) is 1.87. The van der Waals surface area contributed by atoms with Crippen LogP contribution in [0.25, 0.3) is 10.9 Å². The first-order valence-corrected chi connectivity index (χ1v) is 4.52. The molecule has 2 N–H and O–H groups in total. The first kappa shape index (κ1) is 8.81. The molecule has 0 unspecified atom stereocenters. The summed E-state index contributed by atoms with van der Waals surface area (Å²) >= 11 is 0. The molecule has 0 radical (unpaired) electrons. The van der Waals surface area contributed by atoms with Crippen LogP contribution in [0.4, 0.5) is 5.69 Å². The third-order valence-corrected chi connectivity index (χ3v) is 2.29. The van der Waals surface area contributed by atoms with E-state index in [0.717, 1.165) is 16.6 Å². The highest BCUT2D eigenvalue weighted by atomic mass is 16.1. The van der Waals surface area contributed by atoms with Gasteiger partial charge in [-0.3, -0.25) is 4.79 Å². The average molecular weight is 188 g/mol. The molecule has 0 fully saturated rings. The van der Waals surface area contributed by atoms with Gasteiger partial charge in [-0.25, -0.2) is 0 Å². The zero-order chi connectivity index (χ0) is 10.1. The molecule has 0 amide bonds. The quantitative estimate of drug-likeness (QED) is 0.711. The van der Waals surface area contributed by atoms with Crippen LogP contribution in [0.15, 0.2) is 24.3 Å². The molecule has 2 rings (SSSR count). The maximum absolute atomic E-state index is 11.1. The zero-order valence-corrected chi connectivity index (χ0v) is 8.22. The van der Waals surface area contributed by atoms with Crippen LogP contribution in [0.2, 0.25) is 0 Å². The van der Waals surface area contributed by atoms with Crippen LogP contribution in [0, 0.1) is 0 Å². The third kappa shape index (κ3) is 1.37. The van der Waals surface area contributed by atoms with Crippen molar-refractivity contribution in [2.24, 2.45) is 0 Å². The first-order chi connectivity index (χ1) is 6.70. The van der Waals surface area contributed by atoms with Gasteiger partial charge in [0.1, 0.15) is 0 Å². The van der Waals surface area contributed by atoms with Crippen LogP contribution < -0.4 is 5.32 Å². The van der Waals surface area contributed by atoms with E-state index in [0.29, 0.717) is 5.69 Å². The number of anilines is 1. The van der Waals surface area contributed by atoms with E-state index < -0.39 is 0 Å². The van der Waals surface area contributed by atoms with E-state index in [9.17, 15) is 4.79 Å². The summed E-state index contributed by atoms with van der Waals surface area (Å²) in [5.41, 5.74) is 2.70. The number of carbonyl (C=O) groups is 1. The maximum Gasteiger partial charge on any atom is 0.175 e. The van der Waals surface area contributed by atoms with Crippen molar-refractivity contribution in [3.05, 3.63) is 30.0 Å². The van der Waals surface area contributed by atoms with Gasteiger partial charge in [0.2, 0.25) is 0 Å². The van der Waals surface area contributed by atoms with Crippen LogP contribution in [0.3, 0.4) is 0 Å². The van der Waals surface area contributed by atoms with Gasteiger partial charge in [0, 0.05) is 30.6 Å². The van der Waals surface area contributed by atoms with Gasteiger partial charge in [0.05, 0.1) is 5.69 Å². The lowest BCUT2D eigenvalue weighted by Crippen LogP contribution is -1.89. The Morgan fingerprint density at radius 1 is 1.36 bits per heavy atom. The van der Waals surface area contributed by atoms with Crippen molar-refractivity contribution in [1.29, 1.82) is 0 Å². The minimum absolute atomic E-state index is 0.0622. The van der Waals surface area contributed by atoms with Gasteiger partial charge in [0.15, 0.2) is 5.78 Å². The monoisotopic (exact) mass is 188 g/mol. The number of nitrogens with one attached hydrogen (secondary N) is 2. The molecule has 0 saturated heterocycles. The van der Waals surface area contributed by atoms with E-state index in [1.54, 1.807) is 6.92 Å². The number of hydrogen-bond donors (Lipinski definition) is 2. The normalized spacial score (nSPS) is 10.4. The van der Waals surface area contributed by atoms with Crippen molar-refractivity contribution < 1.29 is 4.79 Å². The van der Waals surface area contributed by atoms with Crippen molar-refractivity contribution in [3.63, 3.8) is 0 Å². The fourth-order valence-electron chi connectivity index (χ4n) is 1.48. The largest absolute Gasteiger partial charge is 0.388 e. The molecule has 2 aromatic rings. The summed E-state index contributed by atoms with van der Waals surface area (Å²) in [5.74, 6) is 0.0622. The molecule has 0 spiro atoms. The summed E-state index contributed by atoms with van der Waals surface area (Å²) < 4.78 is 0. The number of benzene rings is 1. The molecule has 0 saturated carbocycles. The van der Waals surface area contributed by atoms with E-state index in [1.807, 2.05) is 31.3 Å². The number of rotatable bonds is 2. The molecule has 3 nitrogen and oxygen atoms in total. The van der Waals surface area contributed by atoms with Crippen LogP contribution in [-0.4, -0.2) is 17.8 Å². The fourth-order valence-corrected chi connectivity index (χ4v) is 1.48. The van der Waals surface area contributed by atoms with E-state index in [-0.39, 0.29) is 5.78 Å². The molecule has 0 aliphatic heterocycles. The number of H-pyrrole nitrogens is 1. The Hall–Kier alpha value is -1.77. The highest BCUT2D eigenvalue weighted by Gasteiger charge is 2.04. The molecule has 1 aromatic carbocycles.